The van der Waals surface area contributed by atoms with Crippen LogP contribution in [0.1, 0.15) is 10.4 Å². The molecule has 136 valence electrons. The Balaban J connectivity index is 1.58. The van der Waals surface area contributed by atoms with Crippen molar-refractivity contribution in [1.82, 2.24) is 25.5 Å². The Hall–Kier alpha value is -2.75. The second-order valence-corrected chi connectivity index (χ2v) is 6.43. The predicted molar refractivity (Wildman–Crippen MR) is 89.3 cm³/mol. The Morgan fingerprint density at radius 3 is 2.81 bits per heavy atom. The van der Waals surface area contributed by atoms with Gasteiger partial charge in [-0.1, -0.05) is 18.2 Å². The Morgan fingerprint density at radius 2 is 2.08 bits per heavy atom. The number of thiophene rings is 1. The van der Waals surface area contributed by atoms with Crippen molar-refractivity contribution in [2.75, 3.05) is 6.54 Å². The molecule has 3 aromatic rings. The minimum absolute atomic E-state index is 0.0301. The molecule has 0 radical (unpaired) electrons. The van der Waals surface area contributed by atoms with Crippen LogP contribution >= 0.6 is 11.3 Å². The van der Waals surface area contributed by atoms with E-state index in [-0.39, 0.29) is 23.8 Å². The van der Waals surface area contributed by atoms with Crippen molar-refractivity contribution in [2.45, 2.75) is 19.1 Å². The summed E-state index contributed by atoms with van der Waals surface area (Å²) >= 11 is 1.61. The number of tetrazole rings is 1. The topological polar surface area (TPSA) is 72.7 Å². The monoisotopic (exact) mass is 381 g/mol. The number of rotatable bonds is 6. The lowest BCUT2D eigenvalue weighted by Gasteiger charge is -2.06. The zero-order valence-corrected chi connectivity index (χ0v) is 14.2. The third kappa shape index (κ3) is 4.66. The number of aromatic nitrogens is 4. The molecule has 1 aromatic carbocycles. The largest absolute Gasteiger partial charge is 0.416 e. The van der Waals surface area contributed by atoms with Crippen molar-refractivity contribution in [2.24, 2.45) is 0 Å². The molecule has 6 nitrogen and oxygen atoms in total. The Morgan fingerprint density at radius 1 is 1.23 bits per heavy atom. The lowest BCUT2D eigenvalue weighted by Crippen LogP contribution is -2.30. The molecule has 3 rings (SSSR count). The molecule has 0 saturated heterocycles. The Labute approximate surface area is 150 Å². The Kier molecular flexibility index (Phi) is 5.31. The summed E-state index contributed by atoms with van der Waals surface area (Å²) in [4.78, 5) is 14.1. The molecule has 26 heavy (non-hydrogen) atoms. The molecule has 0 aliphatic heterocycles. The van der Waals surface area contributed by atoms with Crippen LogP contribution in [0.5, 0.6) is 0 Å². The summed E-state index contributed by atoms with van der Waals surface area (Å²) in [7, 11) is 0. The van der Waals surface area contributed by atoms with E-state index in [1.807, 2.05) is 17.5 Å². The maximum atomic E-state index is 12.8. The lowest BCUT2D eigenvalue weighted by atomic mass is 10.1. The van der Waals surface area contributed by atoms with Gasteiger partial charge in [-0.3, -0.25) is 4.79 Å². The third-order valence-corrected chi connectivity index (χ3v) is 4.40. The smallest absolute Gasteiger partial charge is 0.354 e. The van der Waals surface area contributed by atoms with Crippen LogP contribution in [0, 0.1) is 0 Å². The zero-order chi connectivity index (χ0) is 18.6. The molecule has 2 aromatic heterocycles. The zero-order valence-electron chi connectivity index (χ0n) is 13.4. The highest BCUT2D eigenvalue weighted by atomic mass is 32.1. The van der Waals surface area contributed by atoms with E-state index >= 15 is 0 Å². The molecule has 0 saturated carbocycles. The van der Waals surface area contributed by atoms with Crippen LogP contribution in [-0.4, -0.2) is 32.7 Å². The molecule has 0 atom stereocenters. The Bertz CT molecular complexity index is 876. The third-order valence-electron chi connectivity index (χ3n) is 3.46. The van der Waals surface area contributed by atoms with Crippen LogP contribution in [0.4, 0.5) is 13.2 Å². The van der Waals surface area contributed by atoms with E-state index in [4.69, 9.17) is 0 Å². The molecule has 0 fully saturated rings. The average Bonchev–Trinajstić information content (AvgIpc) is 3.26. The number of benzene rings is 1. The second-order valence-electron chi connectivity index (χ2n) is 5.40. The van der Waals surface area contributed by atoms with Crippen molar-refractivity contribution in [3.05, 3.63) is 52.2 Å². The number of carbonyl (C=O) groups excluding carboxylic acids is 1. The first kappa shape index (κ1) is 18.1. The number of halogens is 3. The van der Waals surface area contributed by atoms with Gasteiger partial charge in [0.25, 0.3) is 0 Å². The highest BCUT2D eigenvalue weighted by Gasteiger charge is 2.30. The predicted octanol–water partition coefficient (Wildman–Crippen LogP) is 2.78. The van der Waals surface area contributed by atoms with Gasteiger partial charge in [0.2, 0.25) is 11.7 Å². The quantitative estimate of drug-likeness (QED) is 0.713. The molecule has 0 aliphatic rings. The minimum atomic E-state index is -4.45. The molecule has 0 spiro atoms. The number of hydrogen-bond acceptors (Lipinski definition) is 5. The number of alkyl halides is 3. The second kappa shape index (κ2) is 7.65. The molecule has 1 amide bonds. The van der Waals surface area contributed by atoms with Crippen LogP contribution in [0.15, 0.2) is 41.8 Å². The summed E-state index contributed by atoms with van der Waals surface area (Å²) in [5.74, 6) is -0.267. The van der Waals surface area contributed by atoms with Gasteiger partial charge in [-0.15, -0.1) is 21.5 Å². The van der Waals surface area contributed by atoms with Crippen LogP contribution in [0.2, 0.25) is 0 Å². The van der Waals surface area contributed by atoms with Gasteiger partial charge in [0.05, 0.1) is 5.56 Å². The van der Waals surface area contributed by atoms with Gasteiger partial charge in [0.1, 0.15) is 6.54 Å². The van der Waals surface area contributed by atoms with Crippen molar-refractivity contribution in [3.63, 3.8) is 0 Å². The number of carbonyl (C=O) groups is 1. The van der Waals surface area contributed by atoms with Gasteiger partial charge in [0.15, 0.2) is 0 Å². The van der Waals surface area contributed by atoms with E-state index in [0.29, 0.717) is 6.54 Å². The molecular formula is C16H14F3N5OS. The highest BCUT2D eigenvalue weighted by molar-refractivity contribution is 7.09. The van der Waals surface area contributed by atoms with E-state index < -0.39 is 11.7 Å². The lowest BCUT2D eigenvalue weighted by molar-refractivity contribution is -0.137. The van der Waals surface area contributed by atoms with Crippen molar-refractivity contribution >= 4 is 17.2 Å². The van der Waals surface area contributed by atoms with Gasteiger partial charge >= 0.3 is 6.18 Å². The molecule has 0 bridgehead atoms. The van der Waals surface area contributed by atoms with Gasteiger partial charge in [-0.25, -0.2) is 0 Å². The number of nitrogens with zero attached hydrogens (tertiary/aromatic N) is 4. The van der Waals surface area contributed by atoms with Gasteiger partial charge < -0.3 is 5.32 Å². The van der Waals surface area contributed by atoms with Crippen LogP contribution in [0.3, 0.4) is 0 Å². The fourth-order valence-electron chi connectivity index (χ4n) is 2.22. The molecule has 10 heteroatoms. The summed E-state index contributed by atoms with van der Waals surface area (Å²) in [5.41, 5.74) is -0.609. The molecule has 0 unspecified atom stereocenters. The first-order chi connectivity index (χ1) is 12.4. The van der Waals surface area contributed by atoms with Crippen molar-refractivity contribution in [1.29, 1.82) is 0 Å². The van der Waals surface area contributed by atoms with Gasteiger partial charge in [0, 0.05) is 17.0 Å². The van der Waals surface area contributed by atoms with E-state index in [9.17, 15) is 18.0 Å². The van der Waals surface area contributed by atoms with Crippen molar-refractivity contribution in [3.8, 4) is 11.4 Å². The van der Waals surface area contributed by atoms with Crippen LogP contribution in [-0.2, 0) is 23.9 Å². The number of amides is 1. The fourth-order valence-corrected chi connectivity index (χ4v) is 2.93. The van der Waals surface area contributed by atoms with Crippen LogP contribution in [0.25, 0.3) is 11.4 Å². The standard InChI is InChI=1S/C16H14F3N5OS/c17-16(18,19)12-4-1-3-11(9-12)15-21-23-24(22-15)10-14(25)20-7-6-13-5-2-8-26-13/h1-5,8-9H,6-7,10H2,(H,20,25). The van der Waals surface area contributed by atoms with Crippen LogP contribution < -0.4 is 5.32 Å². The minimum Gasteiger partial charge on any atom is -0.354 e. The van der Waals surface area contributed by atoms with E-state index in [2.05, 4.69) is 20.7 Å². The first-order valence-electron chi connectivity index (χ1n) is 7.66. The summed E-state index contributed by atoms with van der Waals surface area (Å²) in [6.45, 7) is 0.324. The summed E-state index contributed by atoms with van der Waals surface area (Å²) in [5, 5.41) is 16.1. The van der Waals surface area contributed by atoms with E-state index in [1.165, 1.54) is 12.1 Å². The average molecular weight is 381 g/mol. The van der Waals surface area contributed by atoms with Crippen molar-refractivity contribution < 1.29 is 18.0 Å². The maximum Gasteiger partial charge on any atom is 0.416 e. The van der Waals surface area contributed by atoms with E-state index in [0.717, 1.165) is 28.2 Å². The molecule has 1 N–H and O–H groups in total. The summed E-state index contributed by atoms with van der Waals surface area (Å²) < 4.78 is 38.3. The number of hydrogen-bond donors (Lipinski definition) is 1. The van der Waals surface area contributed by atoms with Gasteiger partial charge in [-0.2, -0.15) is 18.0 Å². The number of nitrogens with one attached hydrogen (secondary N) is 1. The molecule has 0 aliphatic carbocycles. The van der Waals surface area contributed by atoms with Gasteiger partial charge in [-0.05, 0) is 35.2 Å². The summed E-state index contributed by atoms with van der Waals surface area (Å²) in [6, 6.07) is 8.57. The SMILES string of the molecule is O=C(Cn1nnc(-c2cccc(C(F)(F)F)c2)n1)NCCc1cccs1. The normalized spacial score (nSPS) is 11.5. The first-order valence-corrected chi connectivity index (χ1v) is 8.54. The maximum absolute atomic E-state index is 12.8. The fraction of sp³-hybridized carbons (Fsp3) is 0.250. The highest BCUT2D eigenvalue weighted by Crippen LogP contribution is 2.31. The summed E-state index contributed by atoms with van der Waals surface area (Å²) in [6.07, 6.45) is -3.72. The molecule has 2 heterocycles. The van der Waals surface area contributed by atoms with E-state index in [1.54, 1.807) is 11.3 Å². The molecular weight excluding hydrogens is 367 g/mol.